The number of carboxylic acid groups (broad SMARTS) is 1. The molecule has 0 radical (unpaired) electrons. The van der Waals surface area contributed by atoms with Crippen LogP contribution in [0.2, 0.25) is 5.02 Å². The van der Waals surface area contributed by atoms with Gasteiger partial charge in [0.15, 0.2) is 4.88 Å². The van der Waals surface area contributed by atoms with Crippen LogP contribution in [0.15, 0.2) is 30.3 Å². The number of thiophene rings is 1. The van der Waals surface area contributed by atoms with Crippen molar-refractivity contribution in [2.75, 3.05) is 13.2 Å². The molecule has 2 aromatic rings. The van der Waals surface area contributed by atoms with E-state index >= 15 is 0 Å². The lowest BCUT2D eigenvalue weighted by Gasteiger charge is -2.08. The third-order valence-corrected chi connectivity index (χ3v) is 3.68. The van der Waals surface area contributed by atoms with Crippen LogP contribution >= 0.6 is 22.9 Å². The number of ether oxygens (including phenoxy) is 2. The normalized spacial score (nSPS) is 10.3. The van der Waals surface area contributed by atoms with Gasteiger partial charge >= 0.3 is 5.97 Å². The molecule has 0 aliphatic carbocycles. The topological polar surface area (TPSA) is 55.8 Å². The summed E-state index contributed by atoms with van der Waals surface area (Å²) < 4.78 is 10.9. The Bertz CT molecular complexity index is 609. The van der Waals surface area contributed by atoms with Crippen molar-refractivity contribution >= 4 is 28.9 Å². The highest BCUT2D eigenvalue weighted by Gasteiger charge is 2.15. The Kier molecular flexibility index (Phi) is 4.87. The van der Waals surface area contributed by atoms with E-state index in [2.05, 4.69) is 0 Å². The highest BCUT2D eigenvalue weighted by molar-refractivity contribution is 7.14. The summed E-state index contributed by atoms with van der Waals surface area (Å²) in [5, 5.41) is 9.63. The van der Waals surface area contributed by atoms with Crippen molar-refractivity contribution in [3.05, 3.63) is 45.1 Å². The molecule has 0 amide bonds. The van der Waals surface area contributed by atoms with Gasteiger partial charge in [-0.1, -0.05) is 17.7 Å². The molecule has 1 aromatic carbocycles. The van der Waals surface area contributed by atoms with E-state index in [0.29, 0.717) is 23.1 Å². The maximum absolute atomic E-state index is 11.0. The highest BCUT2D eigenvalue weighted by atomic mass is 35.5. The minimum absolute atomic E-state index is 0.213. The van der Waals surface area contributed by atoms with Crippen molar-refractivity contribution in [2.45, 2.75) is 6.92 Å². The number of aromatic carboxylic acids is 1. The van der Waals surface area contributed by atoms with E-state index < -0.39 is 5.97 Å². The van der Waals surface area contributed by atoms with Crippen LogP contribution in [0.4, 0.5) is 0 Å². The maximum Gasteiger partial charge on any atom is 0.349 e. The Morgan fingerprint density at radius 1 is 1.30 bits per heavy atom. The summed E-state index contributed by atoms with van der Waals surface area (Å²) in [5.74, 6) is 0.0598. The van der Waals surface area contributed by atoms with E-state index in [4.69, 9.17) is 26.2 Å². The number of rotatable bonds is 6. The second kappa shape index (κ2) is 6.63. The van der Waals surface area contributed by atoms with Crippen LogP contribution in [-0.4, -0.2) is 24.3 Å². The van der Waals surface area contributed by atoms with Crippen molar-refractivity contribution in [1.82, 2.24) is 0 Å². The lowest BCUT2D eigenvalue weighted by atomic mass is 10.3. The zero-order valence-corrected chi connectivity index (χ0v) is 12.3. The van der Waals surface area contributed by atoms with Crippen molar-refractivity contribution in [2.24, 2.45) is 0 Å². The fourth-order valence-corrected chi connectivity index (χ4v) is 2.59. The molecule has 6 heteroatoms. The van der Waals surface area contributed by atoms with E-state index in [1.54, 1.807) is 30.3 Å². The zero-order valence-electron chi connectivity index (χ0n) is 10.8. The molecule has 20 heavy (non-hydrogen) atoms. The standard InChI is InChI=1S/C14H13ClO4S/c1-9-7-12(13(20-9)14(16)17)19-6-5-18-11-4-2-3-10(15)8-11/h2-4,7-8H,5-6H2,1H3,(H,16,17). The number of halogens is 1. The predicted molar refractivity (Wildman–Crippen MR) is 78.5 cm³/mol. The molecule has 0 saturated carbocycles. The molecular weight excluding hydrogens is 300 g/mol. The molecule has 0 unspecified atom stereocenters. The first kappa shape index (κ1) is 14.7. The largest absolute Gasteiger partial charge is 0.490 e. The molecular formula is C14H13ClO4S. The van der Waals surface area contributed by atoms with Gasteiger partial charge in [0.05, 0.1) is 0 Å². The molecule has 2 rings (SSSR count). The average molecular weight is 313 g/mol. The summed E-state index contributed by atoms with van der Waals surface area (Å²) in [6.07, 6.45) is 0. The van der Waals surface area contributed by atoms with E-state index in [1.165, 1.54) is 11.3 Å². The number of benzene rings is 1. The molecule has 0 atom stereocenters. The van der Waals surface area contributed by atoms with E-state index in [0.717, 1.165) is 4.88 Å². The van der Waals surface area contributed by atoms with Gasteiger partial charge in [0.1, 0.15) is 24.7 Å². The van der Waals surface area contributed by atoms with Gasteiger partial charge in [-0.2, -0.15) is 0 Å². The Hall–Kier alpha value is -1.72. The van der Waals surface area contributed by atoms with Crippen molar-refractivity contribution in [1.29, 1.82) is 0 Å². The van der Waals surface area contributed by atoms with Gasteiger partial charge in [-0.3, -0.25) is 0 Å². The van der Waals surface area contributed by atoms with Crippen LogP contribution < -0.4 is 9.47 Å². The lowest BCUT2D eigenvalue weighted by Crippen LogP contribution is -2.10. The van der Waals surface area contributed by atoms with Gasteiger partial charge in [-0.25, -0.2) is 4.79 Å². The van der Waals surface area contributed by atoms with Crippen molar-refractivity contribution in [3.63, 3.8) is 0 Å². The molecule has 1 N–H and O–H groups in total. The van der Waals surface area contributed by atoms with Gasteiger partial charge in [0.2, 0.25) is 0 Å². The lowest BCUT2D eigenvalue weighted by molar-refractivity contribution is 0.0697. The summed E-state index contributed by atoms with van der Waals surface area (Å²) in [6.45, 7) is 2.42. The molecule has 1 aromatic heterocycles. The summed E-state index contributed by atoms with van der Waals surface area (Å²) in [6, 6.07) is 8.78. The Balaban J connectivity index is 1.86. The van der Waals surface area contributed by atoms with Crippen LogP contribution in [0.1, 0.15) is 14.5 Å². The highest BCUT2D eigenvalue weighted by Crippen LogP contribution is 2.28. The molecule has 0 aliphatic rings. The summed E-state index contributed by atoms with van der Waals surface area (Å²) in [5.41, 5.74) is 0. The monoisotopic (exact) mass is 312 g/mol. The summed E-state index contributed by atoms with van der Waals surface area (Å²) in [7, 11) is 0. The smallest absolute Gasteiger partial charge is 0.349 e. The zero-order chi connectivity index (χ0) is 14.5. The van der Waals surface area contributed by atoms with Crippen LogP contribution in [0.25, 0.3) is 0 Å². The number of carboxylic acids is 1. The van der Waals surface area contributed by atoms with Crippen LogP contribution in [0.3, 0.4) is 0 Å². The first-order valence-corrected chi connectivity index (χ1v) is 7.10. The van der Waals surface area contributed by atoms with Gasteiger partial charge in [-0.15, -0.1) is 11.3 Å². The van der Waals surface area contributed by atoms with Crippen molar-refractivity contribution in [3.8, 4) is 11.5 Å². The fourth-order valence-electron chi connectivity index (χ4n) is 1.62. The average Bonchev–Trinajstić information content (AvgIpc) is 2.76. The molecule has 0 fully saturated rings. The first-order valence-electron chi connectivity index (χ1n) is 5.91. The van der Waals surface area contributed by atoms with E-state index in [-0.39, 0.29) is 11.5 Å². The second-order valence-corrected chi connectivity index (χ2v) is 5.70. The third-order valence-electron chi connectivity index (χ3n) is 2.42. The SMILES string of the molecule is Cc1cc(OCCOc2cccc(Cl)c2)c(C(=O)O)s1. The molecule has 0 bridgehead atoms. The molecule has 0 aliphatic heterocycles. The second-order valence-electron chi connectivity index (χ2n) is 4.01. The Morgan fingerprint density at radius 3 is 2.75 bits per heavy atom. The predicted octanol–water partition coefficient (Wildman–Crippen LogP) is 3.87. The van der Waals surface area contributed by atoms with E-state index in [9.17, 15) is 4.79 Å². The first-order chi connectivity index (χ1) is 9.56. The minimum Gasteiger partial charge on any atom is -0.490 e. The summed E-state index contributed by atoms with van der Waals surface area (Å²) >= 11 is 7.03. The van der Waals surface area contributed by atoms with Gasteiger partial charge in [0.25, 0.3) is 0 Å². The third kappa shape index (κ3) is 3.88. The van der Waals surface area contributed by atoms with Gasteiger partial charge < -0.3 is 14.6 Å². The molecule has 106 valence electrons. The number of aryl methyl sites for hydroxylation is 1. The number of hydrogen-bond acceptors (Lipinski definition) is 4. The number of carbonyl (C=O) groups is 1. The molecule has 4 nitrogen and oxygen atoms in total. The van der Waals surface area contributed by atoms with E-state index in [1.807, 2.05) is 6.92 Å². The number of hydrogen-bond donors (Lipinski definition) is 1. The molecule has 0 spiro atoms. The summed E-state index contributed by atoms with van der Waals surface area (Å²) in [4.78, 5) is 12.1. The maximum atomic E-state index is 11.0. The van der Waals surface area contributed by atoms with Gasteiger partial charge in [0, 0.05) is 9.90 Å². The molecule has 0 saturated heterocycles. The van der Waals surface area contributed by atoms with Gasteiger partial charge in [-0.05, 0) is 31.2 Å². The fraction of sp³-hybridized carbons (Fsp3) is 0.214. The Morgan fingerprint density at radius 2 is 2.05 bits per heavy atom. The van der Waals surface area contributed by atoms with Crippen LogP contribution in [0, 0.1) is 6.92 Å². The Labute approximate surface area is 125 Å². The van der Waals surface area contributed by atoms with Crippen molar-refractivity contribution < 1.29 is 19.4 Å². The van der Waals surface area contributed by atoms with Crippen LogP contribution in [0.5, 0.6) is 11.5 Å². The quantitative estimate of drug-likeness (QED) is 0.823. The van der Waals surface area contributed by atoms with Crippen LogP contribution in [-0.2, 0) is 0 Å². The minimum atomic E-state index is -0.978. The molecule has 1 heterocycles.